The van der Waals surface area contributed by atoms with Gasteiger partial charge in [-0.05, 0) is 25.2 Å². The molecule has 0 heterocycles. The van der Waals surface area contributed by atoms with E-state index in [0.29, 0.717) is 12.8 Å². The SMILES string of the molecule is CC[C@@H](O)CC(=O)N[C@@H](CC(N)=O)C(=O)N[C@@H](CCC(N)=O)C(=O)N[C@H](CO)CC(C)C. The van der Waals surface area contributed by atoms with Gasteiger partial charge in [0, 0.05) is 6.42 Å². The number of aliphatic hydroxyl groups excluding tert-OH is 2. The third-order valence-corrected chi connectivity index (χ3v) is 4.58. The molecule has 0 aliphatic heterocycles. The van der Waals surface area contributed by atoms with Gasteiger partial charge in [0.2, 0.25) is 29.5 Å². The lowest BCUT2D eigenvalue weighted by Gasteiger charge is -2.25. The second-order valence-corrected chi connectivity index (χ2v) is 8.14. The molecule has 184 valence electrons. The van der Waals surface area contributed by atoms with Crippen LogP contribution in [0.4, 0.5) is 0 Å². The summed E-state index contributed by atoms with van der Waals surface area (Å²) in [5.74, 6) is -3.55. The summed E-state index contributed by atoms with van der Waals surface area (Å²) in [7, 11) is 0. The van der Waals surface area contributed by atoms with Crippen molar-refractivity contribution in [2.24, 2.45) is 17.4 Å². The van der Waals surface area contributed by atoms with Crippen LogP contribution in [0.1, 0.15) is 59.3 Å². The average Bonchev–Trinajstić information content (AvgIpc) is 2.68. The molecule has 0 aromatic carbocycles. The predicted molar refractivity (Wildman–Crippen MR) is 115 cm³/mol. The fraction of sp³-hybridized carbons (Fsp3) is 0.750. The average molecular weight is 460 g/mol. The number of nitrogens with two attached hydrogens (primary N) is 2. The molecule has 0 aliphatic carbocycles. The zero-order valence-electron chi connectivity index (χ0n) is 18.9. The second kappa shape index (κ2) is 15.1. The Morgan fingerprint density at radius 2 is 1.47 bits per heavy atom. The van der Waals surface area contributed by atoms with Crippen LogP contribution in [0.2, 0.25) is 0 Å². The van der Waals surface area contributed by atoms with Crippen LogP contribution < -0.4 is 27.4 Å². The van der Waals surface area contributed by atoms with E-state index in [2.05, 4.69) is 16.0 Å². The highest BCUT2D eigenvalue weighted by atomic mass is 16.3. The quantitative estimate of drug-likeness (QED) is 0.135. The highest BCUT2D eigenvalue weighted by Gasteiger charge is 2.29. The van der Waals surface area contributed by atoms with E-state index < -0.39 is 60.2 Å². The molecule has 0 aromatic rings. The molecule has 32 heavy (non-hydrogen) atoms. The molecule has 12 nitrogen and oxygen atoms in total. The normalized spacial score (nSPS) is 14.7. The third kappa shape index (κ3) is 12.8. The highest BCUT2D eigenvalue weighted by Crippen LogP contribution is 2.07. The standard InChI is InChI=1S/C20H37N5O7/c1-4-13(27)8-18(30)24-15(9-17(22)29)20(32)25-14(5-6-16(21)28)19(31)23-12(10-26)7-11(2)3/h11-15,26-27H,4-10H2,1-3H3,(H2,21,28)(H2,22,29)(H,23,31)(H,24,30)(H,25,32)/t12-,13+,14-,15-/m0/s1. The Kier molecular flexibility index (Phi) is 13.8. The zero-order valence-corrected chi connectivity index (χ0v) is 18.9. The first-order valence-electron chi connectivity index (χ1n) is 10.6. The van der Waals surface area contributed by atoms with E-state index in [4.69, 9.17) is 11.5 Å². The van der Waals surface area contributed by atoms with Crippen molar-refractivity contribution in [3.63, 3.8) is 0 Å². The number of carbonyl (C=O) groups is 5. The van der Waals surface area contributed by atoms with Crippen molar-refractivity contribution in [1.29, 1.82) is 0 Å². The molecular weight excluding hydrogens is 422 g/mol. The first-order chi connectivity index (χ1) is 14.9. The van der Waals surface area contributed by atoms with Gasteiger partial charge < -0.3 is 37.6 Å². The van der Waals surface area contributed by atoms with Crippen LogP contribution in [-0.4, -0.2) is 70.6 Å². The number of aliphatic hydroxyl groups is 2. The summed E-state index contributed by atoms with van der Waals surface area (Å²) >= 11 is 0. The Balaban J connectivity index is 5.40. The lowest BCUT2D eigenvalue weighted by Crippen LogP contribution is -2.56. The predicted octanol–water partition coefficient (Wildman–Crippen LogP) is -2.22. The number of hydrogen-bond acceptors (Lipinski definition) is 7. The van der Waals surface area contributed by atoms with Crippen LogP contribution in [0.25, 0.3) is 0 Å². The van der Waals surface area contributed by atoms with Gasteiger partial charge in [-0.1, -0.05) is 20.8 Å². The van der Waals surface area contributed by atoms with E-state index in [9.17, 15) is 34.2 Å². The van der Waals surface area contributed by atoms with Gasteiger partial charge in [-0.3, -0.25) is 24.0 Å². The monoisotopic (exact) mass is 459 g/mol. The Morgan fingerprint density at radius 1 is 0.875 bits per heavy atom. The van der Waals surface area contributed by atoms with Gasteiger partial charge in [-0.25, -0.2) is 0 Å². The molecule has 5 amide bonds. The van der Waals surface area contributed by atoms with Crippen molar-refractivity contribution >= 4 is 29.5 Å². The molecule has 12 heteroatoms. The summed E-state index contributed by atoms with van der Waals surface area (Å²) in [6, 6.07) is -3.14. The lowest BCUT2D eigenvalue weighted by molar-refractivity contribution is -0.134. The van der Waals surface area contributed by atoms with Gasteiger partial charge in [0.05, 0.1) is 31.6 Å². The van der Waals surface area contributed by atoms with Crippen molar-refractivity contribution in [3.8, 4) is 0 Å². The number of nitrogens with one attached hydrogen (secondary N) is 3. The minimum atomic E-state index is -1.38. The van der Waals surface area contributed by atoms with Crippen LogP contribution in [0.5, 0.6) is 0 Å². The van der Waals surface area contributed by atoms with Crippen LogP contribution in [0.3, 0.4) is 0 Å². The number of primary amides is 2. The molecule has 0 aliphatic rings. The summed E-state index contributed by atoms with van der Waals surface area (Å²) in [5, 5.41) is 26.4. The van der Waals surface area contributed by atoms with Gasteiger partial charge in [-0.2, -0.15) is 0 Å². The van der Waals surface area contributed by atoms with Crippen molar-refractivity contribution < 1.29 is 34.2 Å². The molecule has 0 fully saturated rings. The number of amides is 5. The number of hydrogen-bond donors (Lipinski definition) is 7. The largest absolute Gasteiger partial charge is 0.394 e. The summed E-state index contributed by atoms with van der Waals surface area (Å²) in [6.07, 6.45) is -1.26. The molecule has 9 N–H and O–H groups in total. The van der Waals surface area contributed by atoms with Gasteiger partial charge in [0.25, 0.3) is 0 Å². The fourth-order valence-corrected chi connectivity index (χ4v) is 2.90. The first kappa shape index (κ1) is 29.3. The van der Waals surface area contributed by atoms with Crippen molar-refractivity contribution in [3.05, 3.63) is 0 Å². The fourth-order valence-electron chi connectivity index (χ4n) is 2.90. The summed E-state index contributed by atoms with van der Waals surface area (Å²) in [6.45, 7) is 5.18. The smallest absolute Gasteiger partial charge is 0.243 e. The van der Waals surface area contributed by atoms with E-state index in [1.54, 1.807) is 6.92 Å². The van der Waals surface area contributed by atoms with Crippen molar-refractivity contribution in [1.82, 2.24) is 16.0 Å². The minimum Gasteiger partial charge on any atom is -0.394 e. The van der Waals surface area contributed by atoms with Crippen LogP contribution in [0.15, 0.2) is 0 Å². The number of rotatable bonds is 16. The van der Waals surface area contributed by atoms with Gasteiger partial charge in [0.15, 0.2) is 0 Å². The van der Waals surface area contributed by atoms with E-state index in [1.807, 2.05) is 13.8 Å². The van der Waals surface area contributed by atoms with Crippen molar-refractivity contribution in [2.75, 3.05) is 6.61 Å². The van der Waals surface area contributed by atoms with Crippen LogP contribution in [-0.2, 0) is 24.0 Å². The maximum atomic E-state index is 12.7. The molecule has 0 bridgehead atoms. The molecular formula is C20H37N5O7. The Bertz CT molecular complexity index is 656. The van der Waals surface area contributed by atoms with E-state index in [0.717, 1.165) is 0 Å². The van der Waals surface area contributed by atoms with E-state index in [-0.39, 0.29) is 31.8 Å². The Hall–Kier alpha value is -2.73. The molecule has 0 aromatic heterocycles. The zero-order chi connectivity index (χ0) is 24.8. The molecule has 0 saturated heterocycles. The summed E-state index contributed by atoms with van der Waals surface area (Å²) < 4.78 is 0. The summed E-state index contributed by atoms with van der Waals surface area (Å²) in [4.78, 5) is 60.0. The lowest BCUT2D eigenvalue weighted by atomic mass is 10.0. The third-order valence-electron chi connectivity index (χ3n) is 4.58. The molecule has 4 atom stereocenters. The topological polar surface area (TPSA) is 214 Å². The van der Waals surface area contributed by atoms with Crippen LogP contribution in [0, 0.1) is 5.92 Å². The second-order valence-electron chi connectivity index (χ2n) is 8.14. The van der Waals surface area contributed by atoms with Gasteiger partial charge in [-0.15, -0.1) is 0 Å². The van der Waals surface area contributed by atoms with E-state index in [1.165, 1.54) is 0 Å². The Labute approximate surface area is 187 Å². The maximum Gasteiger partial charge on any atom is 0.243 e. The van der Waals surface area contributed by atoms with Crippen LogP contribution >= 0.6 is 0 Å². The first-order valence-corrected chi connectivity index (χ1v) is 10.6. The molecule has 0 unspecified atom stereocenters. The maximum absolute atomic E-state index is 12.7. The van der Waals surface area contributed by atoms with Crippen molar-refractivity contribution in [2.45, 2.75) is 83.5 Å². The van der Waals surface area contributed by atoms with Gasteiger partial charge >= 0.3 is 0 Å². The highest BCUT2D eigenvalue weighted by molar-refractivity contribution is 5.95. The molecule has 0 spiro atoms. The summed E-state index contributed by atoms with van der Waals surface area (Å²) in [5.41, 5.74) is 10.3. The molecule has 0 saturated carbocycles. The van der Waals surface area contributed by atoms with Gasteiger partial charge in [0.1, 0.15) is 12.1 Å². The molecule has 0 radical (unpaired) electrons. The minimum absolute atomic E-state index is 0.126. The Morgan fingerprint density at radius 3 is 1.94 bits per heavy atom. The van der Waals surface area contributed by atoms with E-state index >= 15 is 0 Å². The number of carbonyl (C=O) groups excluding carboxylic acids is 5. The molecule has 0 rings (SSSR count).